The van der Waals surface area contributed by atoms with E-state index < -0.39 is 0 Å². The molecule has 0 atom stereocenters. The van der Waals surface area contributed by atoms with Gasteiger partial charge in [-0.2, -0.15) is 0 Å². The molecule has 1 aliphatic heterocycles. The third-order valence-electron chi connectivity index (χ3n) is 6.69. The molecule has 33 heavy (non-hydrogen) atoms. The van der Waals surface area contributed by atoms with Crippen LogP contribution in [0, 0.1) is 6.92 Å². The minimum absolute atomic E-state index is 0.0148. The number of carbonyl (C=O) groups is 1. The smallest absolute Gasteiger partial charge is 0.259 e. The first-order valence-corrected chi connectivity index (χ1v) is 11.4. The van der Waals surface area contributed by atoms with E-state index in [9.17, 15) is 4.79 Å². The molecule has 1 fully saturated rings. The summed E-state index contributed by atoms with van der Waals surface area (Å²) in [6.45, 7) is 3.29. The maximum absolute atomic E-state index is 13.7. The first kappa shape index (κ1) is 19.7. The Bertz CT molecular complexity index is 1430. The molecule has 0 bridgehead atoms. The van der Waals surface area contributed by atoms with E-state index in [0.29, 0.717) is 41.4 Å². The maximum Gasteiger partial charge on any atom is 0.259 e. The summed E-state index contributed by atoms with van der Waals surface area (Å²) < 4.78 is 5.46. The Balaban J connectivity index is 1.28. The molecule has 4 heterocycles. The van der Waals surface area contributed by atoms with E-state index in [1.54, 1.807) is 0 Å². The van der Waals surface area contributed by atoms with Crippen molar-refractivity contribution < 1.29 is 9.32 Å². The summed E-state index contributed by atoms with van der Waals surface area (Å²) in [7, 11) is 0. The first-order chi connectivity index (χ1) is 16.2. The number of benzene rings is 2. The molecule has 0 saturated carbocycles. The average molecular weight is 437 g/mol. The van der Waals surface area contributed by atoms with Gasteiger partial charge in [-0.15, -0.1) is 0 Å². The van der Waals surface area contributed by atoms with E-state index in [-0.39, 0.29) is 5.91 Å². The lowest BCUT2D eigenvalue weighted by Gasteiger charge is -2.32. The number of piperidine rings is 1. The lowest BCUT2D eigenvalue weighted by molar-refractivity contribution is 0.0714. The lowest BCUT2D eigenvalue weighted by Crippen LogP contribution is -2.38. The van der Waals surface area contributed by atoms with Gasteiger partial charge in [0.05, 0.1) is 22.3 Å². The average Bonchev–Trinajstić information content (AvgIpc) is 3.47. The molecule has 6 rings (SSSR count). The molecule has 164 valence electrons. The van der Waals surface area contributed by atoms with E-state index in [0.717, 1.165) is 24.1 Å². The fraction of sp³-hybridized carbons (Fsp3) is 0.222. The number of nitrogens with zero attached hydrogens (tertiary/aromatic N) is 3. The highest BCUT2D eigenvalue weighted by Crippen LogP contribution is 2.32. The Hall–Kier alpha value is -3.93. The summed E-state index contributed by atoms with van der Waals surface area (Å²) in [5.41, 5.74) is 5.80. The molecule has 2 aromatic carbocycles. The van der Waals surface area contributed by atoms with E-state index in [4.69, 9.17) is 4.52 Å². The van der Waals surface area contributed by atoms with Crippen molar-refractivity contribution in [3.63, 3.8) is 0 Å². The van der Waals surface area contributed by atoms with Gasteiger partial charge in [0, 0.05) is 35.8 Å². The van der Waals surface area contributed by atoms with Crippen molar-refractivity contribution in [2.45, 2.75) is 25.7 Å². The molecular weight excluding hydrogens is 412 g/mol. The van der Waals surface area contributed by atoms with Gasteiger partial charge >= 0.3 is 0 Å². The van der Waals surface area contributed by atoms with E-state index in [1.165, 1.54) is 16.6 Å². The molecule has 1 amide bonds. The highest BCUT2D eigenvalue weighted by Gasteiger charge is 2.28. The number of rotatable bonds is 3. The van der Waals surface area contributed by atoms with Gasteiger partial charge in [-0.3, -0.25) is 4.79 Å². The van der Waals surface area contributed by atoms with Crippen LogP contribution >= 0.6 is 0 Å². The summed E-state index contributed by atoms with van der Waals surface area (Å²) in [5.74, 6) is 0.442. The number of aryl methyl sites for hydroxylation is 1. The van der Waals surface area contributed by atoms with Crippen molar-refractivity contribution in [2.75, 3.05) is 13.1 Å². The Morgan fingerprint density at radius 2 is 1.79 bits per heavy atom. The van der Waals surface area contributed by atoms with Crippen LogP contribution in [-0.4, -0.2) is 39.0 Å². The van der Waals surface area contributed by atoms with Crippen LogP contribution in [0.4, 0.5) is 0 Å². The second-order valence-corrected chi connectivity index (χ2v) is 8.75. The number of likely N-dealkylation sites (tertiary alicyclic amines) is 1. The maximum atomic E-state index is 13.7. The molecular formula is C27H24N4O2. The van der Waals surface area contributed by atoms with Crippen LogP contribution in [0.2, 0.25) is 0 Å². The summed E-state index contributed by atoms with van der Waals surface area (Å²) in [6.07, 6.45) is 1.86. The van der Waals surface area contributed by atoms with Crippen LogP contribution in [0.3, 0.4) is 0 Å². The van der Waals surface area contributed by atoms with Crippen molar-refractivity contribution in [1.82, 2.24) is 20.0 Å². The van der Waals surface area contributed by atoms with Crippen molar-refractivity contribution in [2.24, 2.45) is 0 Å². The molecule has 1 N–H and O–H groups in total. The molecule has 0 spiro atoms. The quantitative estimate of drug-likeness (QED) is 0.394. The Labute approximate surface area is 191 Å². The van der Waals surface area contributed by atoms with Crippen molar-refractivity contribution in [3.8, 4) is 11.3 Å². The largest absolute Gasteiger partial charge is 0.358 e. The van der Waals surface area contributed by atoms with E-state index in [1.807, 2.05) is 48.2 Å². The number of nitrogens with one attached hydrogen (secondary N) is 1. The number of hydrogen-bond acceptors (Lipinski definition) is 4. The van der Waals surface area contributed by atoms with Crippen LogP contribution in [-0.2, 0) is 0 Å². The third kappa shape index (κ3) is 3.48. The lowest BCUT2D eigenvalue weighted by atomic mass is 9.93. The number of fused-ring (bicyclic) bond motifs is 2. The molecule has 0 unspecified atom stereocenters. The number of aromatic nitrogens is 3. The molecule has 6 nitrogen and oxygen atoms in total. The van der Waals surface area contributed by atoms with Crippen LogP contribution in [0.1, 0.15) is 40.5 Å². The first-order valence-electron chi connectivity index (χ1n) is 11.4. The number of aromatic amines is 1. The molecule has 0 aliphatic carbocycles. The minimum atomic E-state index is 0.0148. The fourth-order valence-electron chi connectivity index (χ4n) is 4.90. The third-order valence-corrected chi connectivity index (χ3v) is 6.69. The molecule has 3 aromatic heterocycles. The Morgan fingerprint density at radius 1 is 1.03 bits per heavy atom. The SMILES string of the molecule is Cc1noc2nc(-c3ccccc3)cc(C(=O)N3CCC(c4cc5ccccc5[nH]4)CC3)c12. The van der Waals surface area contributed by atoms with Gasteiger partial charge in [-0.25, -0.2) is 4.98 Å². The molecule has 1 saturated heterocycles. The zero-order valence-electron chi connectivity index (χ0n) is 18.4. The summed E-state index contributed by atoms with van der Waals surface area (Å²) in [6, 6.07) is 22.3. The van der Waals surface area contributed by atoms with Gasteiger partial charge in [0.25, 0.3) is 11.6 Å². The number of hydrogen-bond donors (Lipinski definition) is 1. The zero-order valence-corrected chi connectivity index (χ0v) is 18.4. The highest BCUT2D eigenvalue weighted by atomic mass is 16.5. The predicted octanol–water partition coefficient (Wildman–Crippen LogP) is 5.70. The van der Waals surface area contributed by atoms with Crippen molar-refractivity contribution in [1.29, 1.82) is 0 Å². The number of pyridine rings is 1. The number of para-hydroxylation sites is 1. The predicted molar refractivity (Wildman–Crippen MR) is 128 cm³/mol. The second-order valence-electron chi connectivity index (χ2n) is 8.75. The van der Waals surface area contributed by atoms with Gasteiger partial charge in [0.2, 0.25) is 0 Å². The van der Waals surface area contributed by atoms with Crippen LogP contribution in [0.25, 0.3) is 33.3 Å². The summed E-state index contributed by atoms with van der Waals surface area (Å²) >= 11 is 0. The minimum Gasteiger partial charge on any atom is -0.358 e. The van der Waals surface area contributed by atoms with Gasteiger partial charge in [0.15, 0.2) is 0 Å². The molecule has 5 aromatic rings. The van der Waals surface area contributed by atoms with Gasteiger partial charge < -0.3 is 14.4 Å². The summed E-state index contributed by atoms with van der Waals surface area (Å²) in [4.78, 5) is 23.8. The van der Waals surface area contributed by atoms with Gasteiger partial charge in [-0.1, -0.05) is 53.7 Å². The second kappa shape index (κ2) is 7.89. The number of H-pyrrole nitrogens is 1. The van der Waals surface area contributed by atoms with E-state index in [2.05, 4.69) is 45.5 Å². The molecule has 6 heteroatoms. The summed E-state index contributed by atoms with van der Waals surface area (Å²) in [5, 5.41) is 6.02. The van der Waals surface area contributed by atoms with Crippen molar-refractivity contribution >= 4 is 27.9 Å². The van der Waals surface area contributed by atoms with Crippen LogP contribution in [0.5, 0.6) is 0 Å². The molecule has 0 radical (unpaired) electrons. The van der Waals surface area contributed by atoms with Crippen LogP contribution < -0.4 is 0 Å². The number of amides is 1. The topological polar surface area (TPSA) is 75.0 Å². The molecule has 1 aliphatic rings. The highest BCUT2D eigenvalue weighted by molar-refractivity contribution is 6.07. The zero-order chi connectivity index (χ0) is 22.4. The number of carbonyl (C=O) groups excluding carboxylic acids is 1. The fourth-order valence-corrected chi connectivity index (χ4v) is 4.90. The Morgan fingerprint density at radius 3 is 2.58 bits per heavy atom. The standard InChI is InChI=1S/C27H24N4O2/c1-17-25-21(16-24(29-26(25)33-30-17)18-7-3-2-4-8-18)27(32)31-13-11-19(12-14-31)23-15-20-9-5-6-10-22(20)28-23/h2-10,15-16,19,28H,11-14H2,1H3. The van der Waals surface area contributed by atoms with Gasteiger partial charge in [-0.05, 0) is 43.4 Å². The van der Waals surface area contributed by atoms with Crippen LogP contribution in [0.15, 0.2) is 71.3 Å². The monoisotopic (exact) mass is 436 g/mol. The van der Waals surface area contributed by atoms with Gasteiger partial charge in [0.1, 0.15) is 0 Å². The normalized spacial score (nSPS) is 14.9. The van der Waals surface area contributed by atoms with E-state index >= 15 is 0 Å². The Kier molecular flexibility index (Phi) is 4.72. The van der Waals surface area contributed by atoms with Crippen molar-refractivity contribution in [3.05, 3.63) is 83.7 Å².